The van der Waals surface area contributed by atoms with Gasteiger partial charge in [-0.2, -0.15) is 0 Å². The van der Waals surface area contributed by atoms with Crippen molar-refractivity contribution < 1.29 is 14.3 Å². The number of methoxy groups -OCH3 is 2. The largest absolute Gasteiger partial charge is 0.496 e. The molecule has 1 aromatic carbocycles. The molecule has 3 rings (SSSR count). The number of likely N-dealkylation sites (tertiary alicyclic amines) is 1. The summed E-state index contributed by atoms with van der Waals surface area (Å²) in [6, 6.07) is 3.64. The molecular weight excluding hydrogens is 316 g/mol. The van der Waals surface area contributed by atoms with Crippen LogP contribution in [0.4, 0.5) is 0 Å². The number of amides is 1. The smallest absolute Gasteiger partial charge is 0.254 e. The topological polar surface area (TPSA) is 50.8 Å². The van der Waals surface area contributed by atoms with Crippen molar-refractivity contribution in [3.8, 4) is 11.5 Å². The van der Waals surface area contributed by atoms with Crippen molar-refractivity contribution in [1.82, 2.24) is 10.2 Å². The molecule has 0 aliphatic carbocycles. The summed E-state index contributed by atoms with van der Waals surface area (Å²) >= 11 is 0. The minimum atomic E-state index is 0. The second-order valence-electron chi connectivity index (χ2n) is 6.41. The molecule has 1 spiro atoms. The quantitative estimate of drug-likeness (QED) is 0.917. The summed E-state index contributed by atoms with van der Waals surface area (Å²) in [4.78, 5) is 14.8. The van der Waals surface area contributed by atoms with Gasteiger partial charge in [-0.05, 0) is 38.4 Å². The van der Waals surface area contributed by atoms with Gasteiger partial charge >= 0.3 is 0 Å². The zero-order valence-corrected chi connectivity index (χ0v) is 14.8. The Morgan fingerprint density at radius 2 is 1.87 bits per heavy atom. The van der Waals surface area contributed by atoms with Crippen LogP contribution in [0.1, 0.15) is 28.8 Å². The Hall–Kier alpha value is -1.46. The molecule has 1 aromatic rings. The summed E-state index contributed by atoms with van der Waals surface area (Å²) in [6.45, 7) is 5.70. The Kier molecular flexibility index (Phi) is 5.42. The third kappa shape index (κ3) is 3.26. The van der Waals surface area contributed by atoms with Gasteiger partial charge in [-0.25, -0.2) is 0 Å². The van der Waals surface area contributed by atoms with Gasteiger partial charge in [-0.3, -0.25) is 4.79 Å². The lowest BCUT2D eigenvalue weighted by molar-refractivity contribution is 0.0775. The van der Waals surface area contributed by atoms with Gasteiger partial charge in [0.1, 0.15) is 11.5 Å². The first-order chi connectivity index (χ1) is 10.6. The zero-order chi connectivity index (χ0) is 15.7. The molecule has 2 aliphatic heterocycles. The fourth-order valence-corrected chi connectivity index (χ4v) is 3.64. The highest BCUT2D eigenvalue weighted by atomic mass is 35.5. The zero-order valence-electron chi connectivity index (χ0n) is 14.0. The van der Waals surface area contributed by atoms with Crippen LogP contribution in [0.3, 0.4) is 0 Å². The predicted octanol–water partition coefficient (Wildman–Crippen LogP) is 2.26. The van der Waals surface area contributed by atoms with E-state index in [1.807, 2.05) is 24.0 Å². The number of halogens is 1. The van der Waals surface area contributed by atoms with E-state index in [1.54, 1.807) is 14.2 Å². The maximum Gasteiger partial charge on any atom is 0.254 e. The van der Waals surface area contributed by atoms with Gasteiger partial charge in [-0.1, -0.05) is 0 Å². The number of nitrogens with zero attached hydrogens (tertiary/aromatic N) is 1. The predicted molar refractivity (Wildman–Crippen MR) is 92.0 cm³/mol. The Balaban J connectivity index is 0.00000192. The number of carbonyl (C=O) groups excluding carboxylic acids is 1. The lowest BCUT2D eigenvalue weighted by Crippen LogP contribution is -2.33. The summed E-state index contributed by atoms with van der Waals surface area (Å²) in [5.74, 6) is 1.46. The highest BCUT2D eigenvalue weighted by Crippen LogP contribution is 2.37. The number of hydrogen-bond acceptors (Lipinski definition) is 4. The molecule has 1 N–H and O–H groups in total. The van der Waals surface area contributed by atoms with E-state index in [2.05, 4.69) is 5.32 Å². The molecule has 0 saturated carbocycles. The SMILES string of the molecule is COc1cc(C(=O)N2CCC3(CCNC3)C2)cc(OC)c1C.Cl. The fourth-order valence-electron chi connectivity index (χ4n) is 3.64. The molecule has 2 aliphatic rings. The standard InChI is InChI=1S/C17H24N2O3.ClH/c1-12-14(21-2)8-13(9-15(12)22-3)16(20)19-7-5-17(11-19)4-6-18-10-17;/h8-9,18H,4-7,10-11H2,1-3H3;1H. The summed E-state index contributed by atoms with van der Waals surface area (Å²) in [7, 11) is 3.23. The first kappa shape index (κ1) is 17.9. The van der Waals surface area contributed by atoms with Crippen molar-refractivity contribution in [2.45, 2.75) is 19.8 Å². The molecule has 2 heterocycles. The van der Waals surface area contributed by atoms with Crippen molar-refractivity contribution in [2.75, 3.05) is 40.4 Å². The molecule has 0 bridgehead atoms. The van der Waals surface area contributed by atoms with Gasteiger partial charge in [0.05, 0.1) is 14.2 Å². The molecule has 2 saturated heterocycles. The molecule has 6 heteroatoms. The van der Waals surface area contributed by atoms with Crippen LogP contribution in [-0.4, -0.2) is 51.2 Å². The van der Waals surface area contributed by atoms with E-state index in [4.69, 9.17) is 9.47 Å². The average molecular weight is 341 g/mol. The maximum absolute atomic E-state index is 12.8. The number of ether oxygens (including phenoxy) is 2. The second kappa shape index (κ2) is 6.97. The highest BCUT2D eigenvalue weighted by molar-refractivity contribution is 5.95. The summed E-state index contributed by atoms with van der Waals surface area (Å²) in [5, 5.41) is 3.42. The van der Waals surface area contributed by atoms with Crippen LogP contribution in [0.2, 0.25) is 0 Å². The van der Waals surface area contributed by atoms with Crippen molar-refractivity contribution >= 4 is 18.3 Å². The number of carbonyl (C=O) groups is 1. The van der Waals surface area contributed by atoms with Gasteiger partial charge in [0.25, 0.3) is 5.91 Å². The van der Waals surface area contributed by atoms with E-state index >= 15 is 0 Å². The van der Waals surface area contributed by atoms with Crippen LogP contribution in [0, 0.1) is 12.3 Å². The third-order valence-corrected chi connectivity index (χ3v) is 5.06. The molecule has 1 amide bonds. The molecule has 0 aromatic heterocycles. The summed E-state index contributed by atoms with van der Waals surface area (Å²) in [5.41, 5.74) is 1.84. The molecule has 128 valence electrons. The Labute approximate surface area is 143 Å². The first-order valence-corrected chi connectivity index (χ1v) is 7.81. The highest BCUT2D eigenvalue weighted by Gasteiger charge is 2.42. The Morgan fingerprint density at radius 3 is 2.39 bits per heavy atom. The van der Waals surface area contributed by atoms with E-state index in [-0.39, 0.29) is 23.7 Å². The molecule has 1 unspecified atom stereocenters. The molecule has 0 radical (unpaired) electrons. The molecule has 1 atom stereocenters. The lowest BCUT2D eigenvalue weighted by Gasteiger charge is -2.23. The minimum Gasteiger partial charge on any atom is -0.496 e. The molecular formula is C17H25ClN2O3. The van der Waals surface area contributed by atoms with Gasteiger partial charge in [0.2, 0.25) is 0 Å². The van der Waals surface area contributed by atoms with Crippen LogP contribution in [0.15, 0.2) is 12.1 Å². The Morgan fingerprint density at radius 1 is 1.22 bits per heavy atom. The maximum atomic E-state index is 12.8. The van der Waals surface area contributed by atoms with E-state index in [1.165, 1.54) is 0 Å². The van der Waals surface area contributed by atoms with E-state index in [0.717, 1.165) is 44.6 Å². The molecule has 23 heavy (non-hydrogen) atoms. The van der Waals surface area contributed by atoms with E-state index in [0.29, 0.717) is 17.1 Å². The number of benzene rings is 1. The van der Waals surface area contributed by atoms with Crippen molar-refractivity contribution in [3.05, 3.63) is 23.3 Å². The van der Waals surface area contributed by atoms with E-state index < -0.39 is 0 Å². The van der Waals surface area contributed by atoms with Crippen LogP contribution in [-0.2, 0) is 0 Å². The summed E-state index contributed by atoms with van der Waals surface area (Å²) in [6.07, 6.45) is 2.25. The van der Waals surface area contributed by atoms with Crippen LogP contribution < -0.4 is 14.8 Å². The summed E-state index contributed by atoms with van der Waals surface area (Å²) < 4.78 is 10.7. The van der Waals surface area contributed by atoms with Crippen molar-refractivity contribution in [1.29, 1.82) is 0 Å². The van der Waals surface area contributed by atoms with Crippen molar-refractivity contribution in [2.24, 2.45) is 5.41 Å². The second-order valence-corrected chi connectivity index (χ2v) is 6.41. The first-order valence-electron chi connectivity index (χ1n) is 7.81. The Bertz CT molecular complexity index is 560. The third-order valence-electron chi connectivity index (χ3n) is 5.06. The number of nitrogens with one attached hydrogen (secondary N) is 1. The van der Waals surface area contributed by atoms with Crippen LogP contribution in [0.25, 0.3) is 0 Å². The van der Waals surface area contributed by atoms with Gasteiger partial charge in [0.15, 0.2) is 0 Å². The van der Waals surface area contributed by atoms with Crippen LogP contribution >= 0.6 is 12.4 Å². The lowest BCUT2D eigenvalue weighted by atomic mass is 9.86. The van der Waals surface area contributed by atoms with E-state index in [9.17, 15) is 4.79 Å². The minimum absolute atomic E-state index is 0. The number of hydrogen-bond donors (Lipinski definition) is 1. The number of rotatable bonds is 3. The van der Waals surface area contributed by atoms with Crippen LogP contribution in [0.5, 0.6) is 11.5 Å². The molecule has 5 nitrogen and oxygen atoms in total. The van der Waals surface area contributed by atoms with Gasteiger partial charge in [0, 0.05) is 36.2 Å². The average Bonchev–Trinajstić information content (AvgIpc) is 3.17. The van der Waals surface area contributed by atoms with Gasteiger partial charge < -0.3 is 19.7 Å². The monoisotopic (exact) mass is 340 g/mol. The fraction of sp³-hybridized carbons (Fsp3) is 0.588. The molecule has 2 fully saturated rings. The normalized spacial score (nSPS) is 23.0. The van der Waals surface area contributed by atoms with Crippen molar-refractivity contribution in [3.63, 3.8) is 0 Å². The van der Waals surface area contributed by atoms with Gasteiger partial charge in [-0.15, -0.1) is 12.4 Å².